The molecule has 2 heteroatoms. The molecule has 1 nitrogen and oxygen atoms in total. The number of furan rings is 1. The molecule has 4 fully saturated rings. The molecule has 0 radical (unpaired) electrons. The minimum atomic E-state index is -0.832. The Labute approximate surface area is 212 Å². The Morgan fingerprint density at radius 1 is 0.882 bits per heavy atom. The van der Waals surface area contributed by atoms with Gasteiger partial charge in [0.2, 0.25) is 0 Å². The molecule has 1 aromatic rings. The van der Waals surface area contributed by atoms with Gasteiger partial charge in [-0.15, -0.1) is 0 Å². The Kier molecular flexibility index (Phi) is 6.60. The Bertz CT molecular complexity index is 827. The predicted molar refractivity (Wildman–Crippen MR) is 150 cm³/mol. The number of hydrogen-bond acceptors (Lipinski definition) is 1. The average Bonchev–Trinajstić information content (AvgIpc) is 3.54. The average molecular weight is 487 g/mol. The van der Waals surface area contributed by atoms with Crippen LogP contribution in [0.4, 0.5) is 0 Å². The molecule has 34 heavy (non-hydrogen) atoms. The molecular formula is C32H54OS. The largest absolute Gasteiger partial charge is 0.469 e. The third kappa shape index (κ3) is 3.31. The van der Waals surface area contributed by atoms with Gasteiger partial charge in [0.1, 0.15) is 5.76 Å². The third-order valence-electron chi connectivity index (χ3n) is 13.2. The van der Waals surface area contributed by atoms with Crippen molar-refractivity contribution < 1.29 is 4.42 Å². The summed E-state index contributed by atoms with van der Waals surface area (Å²) in [5.41, 5.74) is 0. The molecule has 4 aliphatic rings. The minimum absolute atomic E-state index is 0.517. The van der Waals surface area contributed by atoms with Gasteiger partial charge in [0.05, 0.1) is 6.26 Å². The molecule has 0 N–H and O–H groups in total. The van der Waals surface area contributed by atoms with Crippen LogP contribution in [0.3, 0.4) is 0 Å². The van der Waals surface area contributed by atoms with Crippen molar-refractivity contribution in [3.8, 4) is 0 Å². The van der Waals surface area contributed by atoms with Gasteiger partial charge in [-0.05, 0) is 115 Å². The van der Waals surface area contributed by atoms with Crippen LogP contribution in [0.15, 0.2) is 22.8 Å². The van der Waals surface area contributed by atoms with Gasteiger partial charge in [-0.25, -0.2) is 10.0 Å². The Balaban J connectivity index is 1.58. The molecule has 0 saturated heterocycles. The Morgan fingerprint density at radius 2 is 1.53 bits per heavy atom. The molecule has 0 aliphatic heterocycles. The van der Waals surface area contributed by atoms with Crippen molar-refractivity contribution in [3.63, 3.8) is 0 Å². The first-order valence-corrected chi connectivity index (χ1v) is 17.3. The highest BCUT2D eigenvalue weighted by molar-refractivity contribution is 8.34. The van der Waals surface area contributed by atoms with Crippen LogP contribution < -0.4 is 0 Å². The van der Waals surface area contributed by atoms with E-state index in [2.05, 4.69) is 73.1 Å². The van der Waals surface area contributed by atoms with Crippen molar-refractivity contribution >= 4 is 10.0 Å². The molecule has 0 aromatic carbocycles. The zero-order valence-corrected chi connectivity index (χ0v) is 24.5. The minimum Gasteiger partial charge on any atom is -0.469 e. The van der Waals surface area contributed by atoms with E-state index in [0.29, 0.717) is 10.7 Å². The molecule has 0 spiro atoms. The maximum Gasteiger partial charge on any atom is 0.107 e. The zero-order chi connectivity index (χ0) is 24.6. The monoisotopic (exact) mass is 486 g/mol. The lowest BCUT2D eigenvalue weighted by Gasteiger charge is -2.65. The maximum absolute atomic E-state index is 6.21. The van der Waals surface area contributed by atoms with Crippen molar-refractivity contribution in [2.45, 2.75) is 103 Å². The van der Waals surface area contributed by atoms with Crippen LogP contribution in [0, 0.1) is 59.2 Å². The quantitative estimate of drug-likeness (QED) is 0.413. The van der Waals surface area contributed by atoms with Gasteiger partial charge in [-0.2, -0.15) is 0 Å². The van der Waals surface area contributed by atoms with E-state index in [4.69, 9.17) is 4.42 Å². The summed E-state index contributed by atoms with van der Waals surface area (Å²) < 4.78 is 6.73. The summed E-state index contributed by atoms with van der Waals surface area (Å²) in [5.74, 6) is 10.6. The summed E-state index contributed by atoms with van der Waals surface area (Å²) in [6.07, 6.45) is 16.3. The Hall–Kier alpha value is -0.370. The second-order valence-corrected chi connectivity index (χ2v) is 18.1. The molecule has 5 rings (SSSR count). The summed E-state index contributed by atoms with van der Waals surface area (Å²) in [7, 11) is -0.832. The van der Waals surface area contributed by atoms with Gasteiger partial charge < -0.3 is 4.42 Å². The fourth-order valence-corrected chi connectivity index (χ4v) is 17.5. The van der Waals surface area contributed by atoms with Gasteiger partial charge in [0.25, 0.3) is 0 Å². The molecule has 4 saturated carbocycles. The van der Waals surface area contributed by atoms with E-state index in [-0.39, 0.29) is 0 Å². The van der Waals surface area contributed by atoms with Crippen LogP contribution in [0.5, 0.6) is 0 Å². The van der Waals surface area contributed by atoms with Crippen molar-refractivity contribution in [1.29, 1.82) is 0 Å². The predicted octanol–water partition coefficient (Wildman–Crippen LogP) is 9.23. The first kappa shape index (κ1) is 25.3. The highest BCUT2D eigenvalue weighted by atomic mass is 32.3. The van der Waals surface area contributed by atoms with Crippen molar-refractivity contribution in [2.75, 3.05) is 12.5 Å². The van der Waals surface area contributed by atoms with E-state index in [1.807, 2.05) is 6.26 Å². The second kappa shape index (κ2) is 8.88. The smallest absolute Gasteiger partial charge is 0.107 e. The van der Waals surface area contributed by atoms with E-state index in [0.717, 1.165) is 64.4 Å². The van der Waals surface area contributed by atoms with Gasteiger partial charge in [-0.1, -0.05) is 61.3 Å². The maximum atomic E-state index is 6.21. The fraction of sp³-hybridized carbons (Fsp3) is 0.875. The first-order chi connectivity index (χ1) is 16.1. The topological polar surface area (TPSA) is 13.1 Å². The van der Waals surface area contributed by atoms with Crippen molar-refractivity contribution in [1.82, 2.24) is 0 Å². The summed E-state index contributed by atoms with van der Waals surface area (Å²) in [6, 6.07) is 4.48. The van der Waals surface area contributed by atoms with E-state index >= 15 is 0 Å². The summed E-state index contributed by atoms with van der Waals surface area (Å²) in [6.45, 7) is 18.3. The molecule has 4 aliphatic carbocycles. The molecule has 194 valence electrons. The van der Waals surface area contributed by atoms with E-state index < -0.39 is 10.0 Å². The third-order valence-corrected chi connectivity index (χ3v) is 18.4. The van der Waals surface area contributed by atoms with Crippen LogP contribution in [0.25, 0.3) is 0 Å². The normalized spacial score (nSPS) is 51.8. The van der Waals surface area contributed by atoms with E-state index in [1.165, 1.54) is 44.3 Å². The molecule has 0 bridgehead atoms. The van der Waals surface area contributed by atoms with Crippen LogP contribution >= 0.6 is 10.0 Å². The fourth-order valence-electron chi connectivity index (χ4n) is 11.4. The molecule has 11 atom stereocenters. The van der Waals surface area contributed by atoms with Crippen molar-refractivity contribution in [3.05, 3.63) is 24.2 Å². The van der Waals surface area contributed by atoms with Crippen LogP contribution in [0.2, 0.25) is 0 Å². The first-order valence-electron chi connectivity index (χ1n) is 14.8. The summed E-state index contributed by atoms with van der Waals surface area (Å²) in [5, 5.41) is 0.887. The number of rotatable bonds is 4. The van der Waals surface area contributed by atoms with E-state index in [9.17, 15) is 0 Å². The van der Waals surface area contributed by atoms with Crippen molar-refractivity contribution in [2.24, 2.45) is 59.2 Å². The lowest BCUT2D eigenvalue weighted by atomic mass is 9.61. The van der Waals surface area contributed by atoms with Gasteiger partial charge in [0.15, 0.2) is 0 Å². The summed E-state index contributed by atoms with van der Waals surface area (Å²) >= 11 is 0. The Morgan fingerprint density at radius 3 is 2.12 bits per heavy atom. The lowest BCUT2D eigenvalue weighted by molar-refractivity contribution is 0.0830. The van der Waals surface area contributed by atoms with E-state index in [1.54, 1.807) is 0 Å². The molecule has 0 amide bonds. The molecule has 1 heterocycles. The standard InChI is InChI=1S/C32H54OS/c1-10-32(34(8,9)31-23(6)21(4)20(3)22(5)24(31)7)19(2)17-27-28(32)18-25-13-11-14-26(25)30(27)29-15-12-16-33-29/h12,15-16,19-28,30-31H,10-11,13-14,17-18H2,1-9H3/t19?,20?,21?,22?,23?,24?,25-,26?,27?,28?,30?,31?,32?/m0/s1. The van der Waals surface area contributed by atoms with Crippen LogP contribution in [-0.4, -0.2) is 22.5 Å². The van der Waals surface area contributed by atoms with Gasteiger partial charge >= 0.3 is 0 Å². The van der Waals surface area contributed by atoms with Crippen LogP contribution in [0.1, 0.15) is 98.7 Å². The summed E-state index contributed by atoms with van der Waals surface area (Å²) in [4.78, 5) is 0. The number of hydrogen-bond donors (Lipinski definition) is 0. The number of fused-ring (bicyclic) bond motifs is 2. The second-order valence-electron chi connectivity index (χ2n) is 14.0. The van der Waals surface area contributed by atoms with Crippen LogP contribution in [-0.2, 0) is 0 Å². The molecule has 10 unspecified atom stereocenters. The highest BCUT2D eigenvalue weighted by Crippen LogP contribution is 2.77. The van der Waals surface area contributed by atoms with Gasteiger partial charge in [-0.3, -0.25) is 0 Å². The molecular weight excluding hydrogens is 432 g/mol. The lowest BCUT2D eigenvalue weighted by Crippen LogP contribution is -2.56. The SMILES string of the molecule is CCC1(S(C)(C)C2C(C)C(C)C(C)C(C)C2C)C(C)CC2C(c3ccco3)C3CCC[C@H]3CC21. The highest BCUT2D eigenvalue weighted by Gasteiger charge is 2.65. The van der Waals surface area contributed by atoms with Gasteiger partial charge in [0, 0.05) is 10.7 Å². The zero-order valence-electron chi connectivity index (χ0n) is 23.7. The molecule has 1 aromatic heterocycles.